The summed E-state index contributed by atoms with van der Waals surface area (Å²) in [5, 5.41) is 9.51. The van der Waals surface area contributed by atoms with E-state index in [1.54, 1.807) is 43.4 Å². The zero-order valence-corrected chi connectivity index (χ0v) is 18.0. The molecule has 0 radical (unpaired) electrons. The van der Waals surface area contributed by atoms with Crippen molar-refractivity contribution in [3.8, 4) is 5.75 Å². The molecule has 8 nitrogen and oxygen atoms in total. The highest BCUT2D eigenvalue weighted by Crippen LogP contribution is 2.20. The molecule has 0 fully saturated rings. The molecule has 10 heteroatoms. The molecule has 2 amide bonds. The predicted octanol–water partition coefficient (Wildman–Crippen LogP) is 4.05. The van der Waals surface area contributed by atoms with E-state index in [1.165, 1.54) is 23.2 Å². The Morgan fingerprint density at radius 1 is 1.09 bits per heavy atom. The van der Waals surface area contributed by atoms with Gasteiger partial charge in [0.2, 0.25) is 0 Å². The van der Waals surface area contributed by atoms with E-state index in [0.29, 0.717) is 16.9 Å². The summed E-state index contributed by atoms with van der Waals surface area (Å²) in [4.78, 5) is 25.4. The summed E-state index contributed by atoms with van der Waals surface area (Å²) in [5.41, 5.74) is 1.18. The van der Waals surface area contributed by atoms with Crippen molar-refractivity contribution in [2.45, 2.75) is 13.2 Å². The second kappa shape index (κ2) is 9.99. The van der Waals surface area contributed by atoms with Gasteiger partial charge < -0.3 is 19.8 Å². The summed E-state index contributed by atoms with van der Waals surface area (Å²) in [6, 6.07) is 13.0. The number of nitrogens with zero attached hydrogens (tertiary/aromatic N) is 2. The van der Waals surface area contributed by atoms with Gasteiger partial charge in [0.1, 0.15) is 18.2 Å². The molecule has 0 unspecified atom stereocenters. The van der Waals surface area contributed by atoms with Crippen molar-refractivity contribution in [3.05, 3.63) is 101 Å². The zero-order valence-electron chi connectivity index (χ0n) is 18.0. The van der Waals surface area contributed by atoms with Crippen LogP contribution in [0.15, 0.2) is 71.5 Å². The third-order valence-electron chi connectivity index (χ3n) is 4.77. The molecule has 4 aromatic rings. The van der Waals surface area contributed by atoms with E-state index in [-0.39, 0.29) is 30.3 Å². The Morgan fingerprint density at radius 2 is 1.94 bits per heavy atom. The van der Waals surface area contributed by atoms with Crippen molar-refractivity contribution in [2.75, 3.05) is 5.32 Å². The molecular weight excluding hydrogens is 446 g/mol. The summed E-state index contributed by atoms with van der Waals surface area (Å²) in [5.74, 6) is -1.99. The molecule has 2 aromatic carbocycles. The number of aryl methyl sites for hydroxylation is 1. The number of aromatic nitrogens is 2. The average Bonchev–Trinajstić information content (AvgIpc) is 3.46. The SMILES string of the molecule is Cn1cc(NC(=O)c2cccc(COc3ccc(F)cc3F)c2)c(C(=O)NCc2ccco2)n1. The number of amides is 2. The highest BCUT2D eigenvalue weighted by molar-refractivity contribution is 6.08. The lowest BCUT2D eigenvalue weighted by Gasteiger charge is -2.09. The van der Waals surface area contributed by atoms with Gasteiger partial charge in [0.15, 0.2) is 17.3 Å². The summed E-state index contributed by atoms with van der Waals surface area (Å²) in [7, 11) is 1.63. The maximum atomic E-state index is 13.8. The van der Waals surface area contributed by atoms with Gasteiger partial charge in [-0.2, -0.15) is 5.10 Å². The summed E-state index contributed by atoms with van der Waals surface area (Å²) < 4.78 is 38.8. The Morgan fingerprint density at radius 3 is 2.71 bits per heavy atom. The van der Waals surface area contributed by atoms with Gasteiger partial charge in [-0.05, 0) is 42.0 Å². The van der Waals surface area contributed by atoms with Crippen LogP contribution in [0, 0.1) is 11.6 Å². The number of carbonyl (C=O) groups excluding carboxylic acids is 2. The minimum Gasteiger partial charge on any atom is -0.486 e. The number of ether oxygens (including phenoxy) is 1. The first kappa shape index (κ1) is 22.7. The van der Waals surface area contributed by atoms with E-state index < -0.39 is 23.4 Å². The van der Waals surface area contributed by atoms with Gasteiger partial charge in [0.05, 0.1) is 18.5 Å². The van der Waals surface area contributed by atoms with Gasteiger partial charge >= 0.3 is 0 Å². The van der Waals surface area contributed by atoms with E-state index in [4.69, 9.17) is 9.15 Å². The average molecular weight is 466 g/mol. The Hall–Kier alpha value is -4.47. The Kier molecular flexibility index (Phi) is 6.67. The topological polar surface area (TPSA) is 98.4 Å². The number of halogens is 2. The van der Waals surface area contributed by atoms with Gasteiger partial charge in [0.25, 0.3) is 11.8 Å². The van der Waals surface area contributed by atoms with E-state index in [2.05, 4.69) is 15.7 Å². The Bertz CT molecular complexity index is 1320. The first-order chi connectivity index (χ1) is 16.4. The van der Waals surface area contributed by atoms with Gasteiger partial charge in [-0.1, -0.05) is 12.1 Å². The number of nitrogens with one attached hydrogen (secondary N) is 2. The van der Waals surface area contributed by atoms with Crippen LogP contribution in [0.2, 0.25) is 0 Å². The van der Waals surface area contributed by atoms with Crippen LogP contribution in [0.3, 0.4) is 0 Å². The number of carbonyl (C=O) groups is 2. The number of furan rings is 1. The molecule has 0 atom stereocenters. The lowest BCUT2D eigenvalue weighted by atomic mass is 10.1. The fourth-order valence-corrected chi connectivity index (χ4v) is 3.16. The molecule has 0 bridgehead atoms. The standard InChI is InChI=1S/C24H20F2N4O4/c1-30-13-20(22(29-30)24(32)27-12-18-6-3-9-33-18)28-23(31)16-5-2-4-15(10-16)14-34-21-8-7-17(25)11-19(21)26/h2-11,13H,12,14H2,1H3,(H,27,32)(H,28,31). The van der Waals surface area contributed by atoms with E-state index in [9.17, 15) is 18.4 Å². The summed E-state index contributed by atoms with van der Waals surface area (Å²) >= 11 is 0. The number of benzene rings is 2. The van der Waals surface area contributed by atoms with Crippen molar-refractivity contribution in [2.24, 2.45) is 7.05 Å². The molecule has 4 rings (SSSR count). The molecule has 0 saturated carbocycles. The minimum atomic E-state index is -0.816. The molecule has 0 saturated heterocycles. The van der Waals surface area contributed by atoms with Crippen LogP contribution in [0.4, 0.5) is 14.5 Å². The largest absolute Gasteiger partial charge is 0.486 e. The molecule has 0 spiro atoms. The normalized spacial score (nSPS) is 10.7. The second-order valence-electron chi connectivity index (χ2n) is 7.35. The van der Waals surface area contributed by atoms with Crippen LogP contribution in [0.5, 0.6) is 5.75 Å². The van der Waals surface area contributed by atoms with Crippen molar-refractivity contribution >= 4 is 17.5 Å². The van der Waals surface area contributed by atoms with Gasteiger partial charge in [-0.3, -0.25) is 14.3 Å². The van der Waals surface area contributed by atoms with Gasteiger partial charge in [-0.25, -0.2) is 8.78 Å². The molecule has 34 heavy (non-hydrogen) atoms. The lowest BCUT2D eigenvalue weighted by molar-refractivity contribution is 0.0943. The molecule has 0 aliphatic heterocycles. The highest BCUT2D eigenvalue weighted by atomic mass is 19.1. The maximum Gasteiger partial charge on any atom is 0.274 e. The fraction of sp³-hybridized carbons (Fsp3) is 0.125. The number of hydrogen-bond acceptors (Lipinski definition) is 5. The molecule has 2 N–H and O–H groups in total. The van der Waals surface area contributed by atoms with Crippen molar-refractivity contribution in [1.29, 1.82) is 0 Å². The number of hydrogen-bond donors (Lipinski definition) is 2. The van der Waals surface area contributed by atoms with E-state index in [0.717, 1.165) is 12.1 Å². The van der Waals surface area contributed by atoms with Crippen LogP contribution < -0.4 is 15.4 Å². The van der Waals surface area contributed by atoms with Crippen LogP contribution in [-0.4, -0.2) is 21.6 Å². The fourth-order valence-electron chi connectivity index (χ4n) is 3.16. The van der Waals surface area contributed by atoms with Crippen LogP contribution in [0.1, 0.15) is 32.2 Å². The molecule has 2 aromatic heterocycles. The molecule has 0 aliphatic rings. The number of rotatable bonds is 8. The van der Waals surface area contributed by atoms with E-state index >= 15 is 0 Å². The zero-order chi connectivity index (χ0) is 24.1. The Labute approximate surface area is 193 Å². The van der Waals surface area contributed by atoms with Crippen molar-refractivity contribution in [1.82, 2.24) is 15.1 Å². The lowest BCUT2D eigenvalue weighted by Crippen LogP contribution is -2.25. The molecule has 0 aliphatic carbocycles. The summed E-state index contributed by atoms with van der Waals surface area (Å²) in [6.45, 7) is 0.142. The van der Waals surface area contributed by atoms with Crippen LogP contribution >= 0.6 is 0 Å². The highest BCUT2D eigenvalue weighted by Gasteiger charge is 2.19. The second-order valence-corrected chi connectivity index (χ2v) is 7.35. The molecule has 174 valence electrons. The number of anilines is 1. The summed E-state index contributed by atoms with van der Waals surface area (Å²) in [6.07, 6.45) is 3.02. The predicted molar refractivity (Wildman–Crippen MR) is 118 cm³/mol. The smallest absolute Gasteiger partial charge is 0.274 e. The Balaban J connectivity index is 1.42. The van der Waals surface area contributed by atoms with Gasteiger partial charge in [0, 0.05) is 24.9 Å². The van der Waals surface area contributed by atoms with Gasteiger partial charge in [-0.15, -0.1) is 0 Å². The molecule has 2 heterocycles. The van der Waals surface area contributed by atoms with Crippen LogP contribution in [0.25, 0.3) is 0 Å². The third-order valence-corrected chi connectivity index (χ3v) is 4.77. The third kappa shape index (κ3) is 5.47. The quantitative estimate of drug-likeness (QED) is 0.408. The van der Waals surface area contributed by atoms with Crippen molar-refractivity contribution < 1.29 is 27.5 Å². The van der Waals surface area contributed by atoms with Crippen LogP contribution in [-0.2, 0) is 20.2 Å². The first-order valence-electron chi connectivity index (χ1n) is 10.2. The minimum absolute atomic E-state index is 0.0308. The molecular formula is C24H20F2N4O4. The van der Waals surface area contributed by atoms with E-state index in [1.807, 2.05) is 0 Å². The van der Waals surface area contributed by atoms with Crippen molar-refractivity contribution in [3.63, 3.8) is 0 Å². The monoisotopic (exact) mass is 466 g/mol. The maximum absolute atomic E-state index is 13.8. The first-order valence-corrected chi connectivity index (χ1v) is 10.2.